The lowest BCUT2D eigenvalue weighted by Crippen LogP contribution is -2.29. The maximum absolute atomic E-state index is 12.9. The van der Waals surface area contributed by atoms with Crippen molar-refractivity contribution < 1.29 is 13.6 Å². The average Bonchev–Trinajstić information content (AvgIpc) is 2.59. The van der Waals surface area contributed by atoms with E-state index in [9.17, 15) is 13.6 Å². The second-order valence-corrected chi connectivity index (χ2v) is 3.68. The van der Waals surface area contributed by atoms with Crippen LogP contribution in [0.25, 0.3) is 0 Å². The van der Waals surface area contributed by atoms with Gasteiger partial charge in [0.1, 0.15) is 0 Å². The maximum atomic E-state index is 12.9. The Hall–Kier alpha value is -1.29. The molecule has 0 amide bonds. The summed E-state index contributed by atoms with van der Waals surface area (Å²) in [5, 5.41) is 3.02. The van der Waals surface area contributed by atoms with Crippen molar-refractivity contribution in [3.63, 3.8) is 0 Å². The SMILES string of the molecule is O=C1CCNC1Cc1ccc(F)c(F)c1. The Morgan fingerprint density at radius 1 is 1.33 bits per heavy atom. The van der Waals surface area contributed by atoms with Crippen molar-refractivity contribution in [1.82, 2.24) is 5.32 Å². The smallest absolute Gasteiger partial charge is 0.159 e. The number of benzene rings is 1. The van der Waals surface area contributed by atoms with Gasteiger partial charge in [0.25, 0.3) is 0 Å². The molecule has 15 heavy (non-hydrogen) atoms. The molecular weight excluding hydrogens is 200 g/mol. The number of carbonyl (C=O) groups excluding carboxylic acids is 1. The summed E-state index contributed by atoms with van der Waals surface area (Å²) >= 11 is 0. The van der Waals surface area contributed by atoms with Crippen LogP contribution in [0.2, 0.25) is 0 Å². The molecule has 0 saturated carbocycles. The van der Waals surface area contributed by atoms with Crippen LogP contribution in [0.3, 0.4) is 0 Å². The molecule has 2 nitrogen and oxygen atoms in total. The van der Waals surface area contributed by atoms with E-state index in [2.05, 4.69) is 5.32 Å². The second-order valence-electron chi connectivity index (χ2n) is 3.68. The third-order valence-corrected chi connectivity index (χ3v) is 2.57. The molecule has 4 heteroatoms. The monoisotopic (exact) mass is 211 g/mol. The lowest BCUT2D eigenvalue weighted by molar-refractivity contribution is -0.118. The Morgan fingerprint density at radius 2 is 2.13 bits per heavy atom. The maximum Gasteiger partial charge on any atom is 0.159 e. The fraction of sp³-hybridized carbons (Fsp3) is 0.364. The Balaban J connectivity index is 2.10. The van der Waals surface area contributed by atoms with Gasteiger partial charge in [0, 0.05) is 13.0 Å². The first-order chi connectivity index (χ1) is 7.16. The van der Waals surface area contributed by atoms with Gasteiger partial charge in [0.05, 0.1) is 6.04 Å². The molecule has 1 unspecified atom stereocenters. The summed E-state index contributed by atoms with van der Waals surface area (Å²) in [5.74, 6) is -1.58. The topological polar surface area (TPSA) is 29.1 Å². The number of hydrogen-bond acceptors (Lipinski definition) is 2. The van der Waals surface area contributed by atoms with Crippen molar-refractivity contribution in [2.75, 3.05) is 6.54 Å². The minimum atomic E-state index is -0.863. The fourth-order valence-corrected chi connectivity index (χ4v) is 1.75. The molecule has 1 fully saturated rings. The lowest BCUT2D eigenvalue weighted by atomic mass is 10.0. The third kappa shape index (κ3) is 2.21. The number of ketones is 1. The quantitative estimate of drug-likeness (QED) is 0.802. The van der Waals surface area contributed by atoms with Crippen LogP contribution in [0, 0.1) is 11.6 Å². The van der Waals surface area contributed by atoms with Gasteiger partial charge in [-0.05, 0) is 24.1 Å². The Morgan fingerprint density at radius 3 is 2.73 bits per heavy atom. The molecule has 0 aromatic heterocycles. The highest BCUT2D eigenvalue weighted by Crippen LogP contribution is 2.13. The molecular formula is C11H11F2NO. The van der Waals surface area contributed by atoms with Gasteiger partial charge in [-0.1, -0.05) is 6.07 Å². The number of Topliss-reactive ketones (excluding diaryl/α,β-unsaturated/α-hetero) is 1. The summed E-state index contributed by atoms with van der Waals surface area (Å²) in [4.78, 5) is 11.3. The molecule has 1 N–H and O–H groups in total. The van der Waals surface area contributed by atoms with Crippen molar-refractivity contribution in [3.05, 3.63) is 35.4 Å². The molecule has 1 aliphatic rings. The molecule has 1 saturated heterocycles. The molecule has 1 aromatic carbocycles. The van der Waals surface area contributed by atoms with Crippen LogP contribution < -0.4 is 5.32 Å². The number of carbonyl (C=O) groups is 1. The van der Waals surface area contributed by atoms with Gasteiger partial charge in [0.2, 0.25) is 0 Å². The van der Waals surface area contributed by atoms with Crippen LogP contribution >= 0.6 is 0 Å². The van der Waals surface area contributed by atoms with Crippen molar-refractivity contribution in [1.29, 1.82) is 0 Å². The Labute approximate surface area is 86.3 Å². The van der Waals surface area contributed by atoms with Crippen molar-refractivity contribution in [3.8, 4) is 0 Å². The van der Waals surface area contributed by atoms with E-state index in [-0.39, 0.29) is 11.8 Å². The zero-order chi connectivity index (χ0) is 10.8. The molecule has 2 rings (SSSR count). The highest BCUT2D eigenvalue weighted by atomic mass is 19.2. The number of rotatable bonds is 2. The summed E-state index contributed by atoms with van der Waals surface area (Å²) in [6.07, 6.45) is 0.949. The van der Waals surface area contributed by atoms with Crippen molar-refractivity contribution in [2.24, 2.45) is 0 Å². The van der Waals surface area contributed by atoms with E-state index in [1.54, 1.807) is 0 Å². The molecule has 0 aliphatic carbocycles. The van der Waals surface area contributed by atoms with E-state index in [1.165, 1.54) is 6.07 Å². The normalized spacial score (nSPS) is 20.9. The zero-order valence-electron chi connectivity index (χ0n) is 8.09. The minimum absolute atomic E-state index is 0.139. The highest BCUT2D eigenvalue weighted by molar-refractivity contribution is 5.86. The average molecular weight is 211 g/mol. The van der Waals surface area contributed by atoms with Crippen molar-refractivity contribution >= 4 is 5.78 Å². The van der Waals surface area contributed by atoms with Gasteiger partial charge in [-0.2, -0.15) is 0 Å². The van der Waals surface area contributed by atoms with Crippen LogP contribution in [0.15, 0.2) is 18.2 Å². The highest BCUT2D eigenvalue weighted by Gasteiger charge is 2.23. The van der Waals surface area contributed by atoms with Crippen molar-refractivity contribution in [2.45, 2.75) is 18.9 Å². The zero-order valence-corrected chi connectivity index (χ0v) is 8.09. The van der Waals surface area contributed by atoms with Gasteiger partial charge in [-0.3, -0.25) is 4.79 Å². The van der Waals surface area contributed by atoms with Gasteiger partial charge in [-0.15, -0.1) is 0 Å². The van der Waals surface area contributed by atoms with Gasteiger partial charge in [0.15, 0.2) is 17.4 Å². The molecule has 0 spiro atoms. The van der Waals surface area contributed by atoms with Crippen LogP contribution in [0.5, 0.6) is 0 Å². The second kappa shape index (κ2) is 4.06. The summed E-state index contributed by atoms with van der Waals surface area (Å²) in [5.41, 5.74) is 0.640. The van der Waals surface area contributed by atoms with Gasteiger partial charge in [-0.25, -0.2) is 8.78 Å². The largest absolute Gasteiger partial charge is 0.307 e. The Kier molecular flexibility index (Phi) is 2.77. The summed E-state index contributed by atoms with van der Waals surface area (Å²) in [6, 6.07) is 3.49. The predicted molar refractivity (Wildman–Crippen MR) is 51.5 cm³/mol. The van der Waals surface area contributed by atoms with Crippen LogP contribution in [-0.2, 0) is 11.2 Å². The molecule has 80 valence electrons. The first-order valence-electron chi connectivity index (χ1n) is 4.87. The van der Waals surface area contributed by atoms with E-state index >= 15 is 0 Å². The molecule has 1 aromatic rings. The van der Waals surface area contributed by atoms with Gasteiger partial charge >= 0.3 is 0 Å². The first-order valence-corrected chi connectivity index (χ1v) is 4.87. The number of hydrogen-bond donors (Lipinski definition) is 1. The molecule has 0 bridgehead atoms. The van der Waals surface area contributed by atoms with E-state index in [1.807, 2.05) is 0 Å². The fourth-order valence-electron chi connectivity index (χ4n) is 1.75. The molecule has 1 aliphatic heterocycles. The minimum Gasteiger partial charge on any atom is -0.307 e. The number of nitrogens with one attached hydrogen (secondary N) is 1. The van der Waals surface area contributed by atoms with E-state index in [4.69, 9.17) is 0 Å². The third-order valence-electron chi connectivity index (χ3n) is 2.57. The molecule has 1 atom stereocenters. The Bertz CT molecular complexity index is 392. The van der Waals surface area contributed by atoms with E-state index in [0.29, 0.717) is 24.9 Å². The summed E-state index contributed by atoms with van der Waals surface area (Å²) in [6.45, 7) is 0.674. The molecule has 1 heterocycles. The van der Waals surface area contributed by atoms with Gasteiger partial charge < -0.3 is 5.32 Å². The van der Waals surface area contributed by atoms with E-state index < -0.39 is 11.6 Å². The first kappa shape index (κ1) is 10.2. The molecule has 0 radical (unpaired) electrons. The van der Waals surface area contributed by atoms with Crippen LogP contribution in [0.1, 0.15) is 12.0 Å². The predicted octanol–water partition coefficient (Wildman–Crippen LogP) is 1.44. The van der Waals surface area contributed by atoms with Crippen LogP contribution in [0.4, 0.5) is 8.78 Å². The summed E-state index contributed by atoms with van der Waals surface area (Å²) < 4.78 is 25.5. The van der Waals surface area contributed by atoms with E-state index in [0.717, 1.165) is 12.1 Å². The number of halogens is 2. The van der Waals surface area contributed by atoms with Crippen LogP contribution in [-0.4, -0.2) is 18.4 Å². The summed E-state index contributed by atoms with van der Waals surface area (Å²) in [7, 11) is 0. The lowest BCUT2D eigenvalue weighted by Gasteiger charge is -2.08. The standard InChI is InChI=1S/C11H11F2NO/c12-8-2-1-7(5-9(8)13)6-10-11(15)3-4-14-10/h1-2,5,10,14H,3-4,6H2.